The summed E-state index contributed by atoms with van der Waals surface area (Å²) in [7, 11) is 0. The Labute approximate surface area is 119 Å². The zero-order chi connectivity index (χ0) is 15.4. The molecule has 0 aliphatic heterocycles. The van der Waals surface area contributed by atoms with E-state index in [0.29, 0.717) is 5.69 Å². The molecule has 1 heterocycles. The number of aromatic nitrogens is 2. The molecule has 8 heteroatoms. The van der Waals surface area contributed by atoms with E-state index in [-0.39, 0.29) is 28.7 Å². The van der Waals surface area contributed by atoms with Gasteiger partial charge < -0.3 is 11.5 Å². The van der Waals surface area contributed by atoms with Crippen molar-refractivity contribution in [1.82, 2.24) is 9.55 Å². The van der Waals surface area contributed by atoms with Crippen molar-refractivity contribution in [2.45, 2.75) is 0 Å². The number of rotatable bonds is 1. The molecule has 0 aliphatic carbocycles. The van der Waals surface area contributed by atoms with Crippen LogP contribution in [0, 0.1) is 28.1 Å². The lowest BCUT2D eigenvalue weighted by Gasteiger charge is -2.10. The number of nitriles is 2. The normalized spacial score (nSPS) is 10.7. The summed E-state index contributed by atoms with van der Waals surface area (Å²) < 4.78 is 0.974. The van der Waals surface area contributed by atoms with Gasteiger partial charge in [0, 0.05) is 0 Å². The fourth-order valence-electron chi connectivity index (χ4n) is 1.68. The van der Waals surface area contributed by atoms with Crippen molar-refractivity contribution in [3.05, 3.63) is 47.2 Å². The molecule has 5 N–H and O–H groups in total. The predicted octanol–water partition coefficient (Wildman–Crippen LogP) is 0.183. The van der Waals surface area contributed by atoms with Gasteiger partial charge in [-0.25, -0.2) is 9.56 Å². The van der Waals surface area contributed by atoms with Crippen LogP contribution >= 0.6 is 0 Å². The van der Waals surface area contributed by atoms with Crippen molar-refractivity contribution in [2.24, 2.45) is 10.7 Å². The van der Waals surface area contributed by atoms with Crippen LogP contribution in [0.2, 0.25) is 0 Å². The van der Waals surface area contributed by atoms with Crippen LogP contribution in [0.3, 0.4) is 0 Å². The Morgan fingerprint density at radius 2 is 1.90 bits per heavy atom. The lowest BCUT2D eigenvalue weighted by molar-refractivity contribution is 0.863. The van der Waals surface area contributed by atoms with Gasteiger partial charge in [-0.1, -0.05) is 18.2 Å². The number of aliphatic imine (C=N–C) groups is 1. The molecule has 8 nitrogen and oxygen atoms in total. The second kappa shape index (κ2) is 5.55. The summed E-state index contributed by atoms with van der Waals surface area (Å²) >= 11 is 0. The minimum atomic E-state index is -0.375. The molecule has 1 aromatic carbocycles. The predicted molar refractivity (Wildman–Crippen MR) is 75.0 cm³/mol. The number of hydrogen-bond acceptors (Lipinski definition) is 6. The minimum Gasteiger partial charge on any atom is -0.382 e. The molecule has 0 bridgehead atoms. The summed E-state index contributed by atoms with van der Waals surface area (Å²) in [6, 6.07) is 12.3. The number of nitrogens with zero attached hydrogens (tertiary/aromatic N) is 5. The molecule has 0 amide bonds. The summed E-state index contributed by atoms with van der Waals surface area (Å²) in [4.78, 5) is 7.79. The van der Waals surface area contributed by atoms with E-state index in [0.717, 1.165) is 4.57 Å². The second-order valence-electron chi connectivity index (χ2n) is 3.91. The zero-order valence-corrected chi connectivity index (χ0v) is 10.8. The number of nitrogens with two attached hydrogens (primary N) is 2. The highest BCUT2D eigenvalue weighted by molar-refractivity contribution is 5.85. The van der Waals surface area contributed by atoms with Gasteiger partial charge in [0.2, 0.25) is 11.6 Å². The molecule has 0 spiro atoms. The Balaban J connectivity index is 2.71. The molecule has 0 radical (unpaired) electrons. The average Bonchev–Trinajstić information content (AvgIpc) is 2.47. The third-order valence-corrected chi connectivity index (χ3v) is 2.60. The summed E-state index contributed by atoms with van der Waals surface area (Å²) in [6.07, 6.45) is 0. The van der Waals surface area contributed by atoms with Crippen molar-refractivity contribution in [2.75, 3.05) is 5.73 Å². The largest absolute Gasteiger partial charge is 0.382 e. The number of anilines is 1. The van der Waals surface area contributed by atoms with Gasteiger partial charge in [-0.2, -0.15) is 15.5 Å². The maximum absolute atomic E-state index is 9.20. The smallest absolute Gasteiger partial charge is 0.232 e. The second-order valence-corrected chi connectivity index (χ2v) is 3.91. The van der Waals surface area contributed by atoms with E-state index in [2.05, 4.69) is 9.98 Å². The van der Waals surface area contributed by atoms with E-state index >= 15 is 0 Å². The van der Waals surface area contributed by atoms with E-state index in [1.54, 1.807) is 36.4 Å². The molecule has 0 fully saturated rings. The third-order valence-electron chi connectivity index (χ3n) is 2.60. The van der Waals surface area contributed by atoms with Gasteiger partial charge >= 0.3 is 0 Å². The van der Waals surface area contributed by atoms with Gasteiger partial charge in [0.25, 0.3) is 0 Å². The fraction of sp³-hybridized carbons (Fsp3) is 0. The van der Waals surface area contributed by atoms with Gasteiger partial charge in [0.15, 0.2) is 5.69 Å². The van der Waals surface area contributed by atoms with Crippen LogP contribution in [0.15, 0.2) is 35.3 Å². The van der Waals surface area contributed by atoms with E-state index in [9.17, 15) is 5.26 Å². The van der Waals surface area contributed by atoms with E-state index in [4.69, 9.17) is 22.1 Å². The Kier molecular flexibility index (Phi) is 3.64. The minimum absolute atomic E-state index is 0.139. The number of nitrogen functional groups attached to an aromatic ring is 1. The number of nitrogens with one attached hydrogen (secondary N) is 1. The molecular formula is C13H10N8. The van der Waals surface area contributed by atoms with Crippen LogP contribution in [0.25, 0.3) is 0 Å². The lowest BCUT2D eigenvalue weighted by atomic mass is 10.2. The topological polar surface area (TPSA) is 154 Å². The van der Waals surface area contributed by atoms with Crippen LogP contribution in [0.4, 0.5) is 11.5 Å². The SMILES string of the molecule is N#Cc1c(N)nc(=N)n(C(N)=Nc2ccccc2)c1C#N. The highest BCUT2D eigenvalue weighted by Crippen LogP contribution is 2.12. The van der Waals surface area contributed by atoms with Crippen molar-refractivity contribution in [3.63, 3.8) is 0 Å². The first-order chi connectivity index (χ1) is 10.1. The standard InChI is InChI=1S/C13H10N8/c14-6-9-10(7-15)21(13(18)20-11(9)16)12(17)19-8-4-2-1-3-5-8/h1-5H,(H2,17,19)(H3,16,18,20). The molecule has 102 valence electrons. The monoisotopic (exact) mass is 278 g/mol. The molecule has 0 atom stereocenters. The van der Waals surface area contributed by atoms with Crippen molar-refractivity contribution in [3.8, 4) is 12.1 Å². The molecule has 0 saturated heterocycles. The number of benzene rings is 1. The average molecular weight is 278 g/mol. The molecular weight excluding hydrogens is 268 g/mol. The number of para-hydroxylation sites is 1. The van der Waals surface area contributed by atoms with Gasteiger partial charge in [-0.3, -0.25) is 5.41 Å². The first-order valence-corrected chi connectivity index (χ1v) is 5.75. The maximum atomic E-state index is 9.20. The Hall–Kier alpha value is -3.65. The zero-order valence-electron chi connectivity index (χ0n) is 10.8. The highest BCUT2D eigenvalue weighted by atomic mass is 15.2. The molecule has 21 heavy (non-hydrogen) atoms. The molecule has 0 saturated carbocycles. The molecule has 0 aliphatic rings. The molecule has 2 rings (SSSR count). The van der Waals surface area contributed by atoms with E-state index < -0.39 is 0 Å². The summed E-state index contributed by atoms with van der Waals surface area (Å²) in [5.41, 5.74) is 11.2. The van der Waals surface area contributed by atoms with E-state index in [1.165, 1.54) is 0 Å². The van der Waals surface area contributed by atoms with Crippen molar-refractivity contribution in [1.29, 1.82) is 15.9 Å². The quantitative estimate of drug-likeness (QED) is 0.501. The fourth-order valence-corrected chi connectivity index (χ4v) is 1.68. The highest BCUT2D eigenvalue weighted by Gasteiger charge is 2.16. The van der Waals surface area contributed by atoms with Gasteiger partial charge in [-0.05, 0) is 12.1 Å². The van der Waals surface area contributed by atoms with Crippen LogP contribution < -0.4 is 17.1 Å². The summed E-state index contributed by atoms with van der Waals surface area (Å²) in [6.45, 7) is 0. The van der Waals surface area contributed by atoms with Crippen LogP contribution in [-0.4, -0.2) is 15.5 Å². The van der Waals surface area contributed by atoms with Crippen molar-refractivity contribution < 1.29 is 0 Å². The van der Waals surface area contributed by atoms with Crippen LogP contribution in [0.1, 0.15) is 11.3 Å². The Bertz CT molecular complexity index is 849. The summed E-state index contributed by atoms with van der Waals surface area (Å²) in [5.74, 6) is -0.338. The van der Waals surface area contributed by atoms with Gasteiger partial charge in [-0.15, -0.1) is 0 Å². The summed E-state index contributed by atoms with van der Waals surface area (Å²) in [5, 5.41) is 26.0. The molecule has 0 unspecified atom stereocenters. The molecule has 2 aromatic rings. The first kappa shape index (κ1) is 13.8. The van der Waals surface area contributed by atoms with Gasteiger partial charge in [0.1, 0.15) is 23.5 Å². The Morgan fingerprint density at radius 3 is 2.48 bits per heavy atom. The Morgan fingerprint density at radius 1 is 1.24 bits per heavy atom. The third kappa shape index (κ3) is 2.55. The van der Waals surface area contributed by atoms with Crippen LogP contribution in [-0.2, 0) is 0 Å². The maximum Gasteiger partial charge on any atom is 0.232 e. The van der Waals surface area contributed by atoms with E-state index in [1.807, 2.05) is 6.07 Å². The number of hydrogen-bond donors (Lipinski definition) is 3. The van der Waals surface area contributed by atoms with Crippen molar-refractivity contribution >= 4 is 17.5 Å². The lowest BCUT2D eigenvalue weighted by Crippen LogP contribution is -2.37. The molecule has 1 aromatic heterocycles. The van der Waals surface area contributed by atoms with Crippen LogP contribution in [0.5, 0.6) is 0 Å². The first-order valence-electron chi connectivity index (χ1n) is 5.75. The van der Waals surface area contributed by atoms with Gasteiger partial charge in [0.05, 0.1) is 5.69 Å².